The van der Waals surface area contributed by atoms with E-state index in [1.807, 2.05) is 0 Å². The van der Waals surface area contributed by atoms with Crippen LogP contribution in [0.4, 0.5) is 0 Å². The van der Waals surface area contributed by atoms with Gasteiger partial charge in [-0.3, -0.25) is 4.79 Å². The Kier molecular flexibility index (Phi) is 4.10. The summed E-state index contributed by atoms with van der Waals surface area (Å²) in [4.78, 5) is 11.7. The lowest BCUT2D eigenvalue weighted by molar-refractivity contribution is -0.138. The number of methoxy groups -OCH3 is 1. The zero-order valence-corrected chi connectivity index (χ0v) is 10.9. The van der Waals surface area contributed by atoms with Crippen LogP contribution < -0.4 is 4.74 Å². The van der Waals surface area contributed by atoms with Crippen molar-refractivity contribution in [3.8, 4) is 5.75 Å². The molecule has 1 N–H and O–H groups in total. The fraction of sp³-hybridized carbons (Fsp3) is 0.364. The van der Waals surface area contributed by atoms with Crippen LogP contribution in [0.1, 0.15) is 13.8 Å². The molecule has 0 unspecified atom stereocenters. The second kappa shape index (κ2) is 4.97. The number of aliphatic carboxylic acids is 1. The summed E-state index contributed by atoms with van der Waals surface area (Å²) in [6, 6.07) is 5.19. The van der Waals surface area contributed by atoms with Crippen LogP contribution in [0.2, 0.25) is 5.02 Å². The maximum atomic E-state index is 11.0. The smallest absolute Gasteiger partial charge is 0.319 e. The first kappa shape index (κ1) is 13.2. The number of carbonyl (C=O) groups is 1. The van der Waals surface area contributed by atoms with Gasteiger partial charge in [-0.15, -0.1) is 11.8 Å². The van der Waals surface area contributed by atoms with Gasteiger partial charge in [0.2, 0.25) is 0 Å². The van der Waals surface area contributed by atoms with Crippen LogP contribution in [-0.2, 0) is 4.79 Å². The highest BCUT2D eigenvalue weighted by molar-refractivity contribution is 8.01. The average molecular weight is 261 g/mol. The fourth-order valence-corrected chi connectivity index (χ4v) is 2.23. The van der Waals surface area contributed by atoms with E-state index in [2.05, 4.69) is 0 Å². The molecule has 0 bridgehead atoms. The van der Waals surface area contributed by atoms with E-state index < -0.39 is 10.7 Å². The van der Waals surface area contributed by atoms with E-state index in [1.165, 1.54) is 11.8 Å². The van der Waals surface area contributed by atoms with Crippen LogP contribution in [-0.4, -0.2) is 22.9 Å². The fourth-order valence-electron chi connectivity index (χ4n) is 1.01. The molecule has 0 amide bonds. The Morgan fingerprint density at radius 3 is 2.56 bits per heavy atom. The Morgan fingerprint density at radius 1 is 1.50 bits per heavy atom. The van der Waals surface area contributed by atoms with Crippen LogP contribution in [0.25, 0.3) is 0 Å². The number of ether oxygens (including phenoxy) is 1. The highest BCUT2D eigenvalue weighted by Gasteiger charge is 2.29. The van der Waals surface area contributed by atoms with Crippen molar-refractivity contribution in [3.05, 3.63) is 23.2 Å². The first-order valence-electron chi connectivity index (χ1n) is 4.63. The highest BCUT2D eigenvalue weighted by Crippen LogP contribution is 2.38. The monoisotopic (exact) mass is 260 g/mol. The van der Waals surface area contributed by atoms with Gasteiger partial charge < -0.3 is 9.84 Å². The summed E-state index contributed by atoms with van der Waals surface area (Å²) in [5.41, 5.74) is 0. The molecule has 1 aromatic rings. The SMILES string of the molecule is COc1ccc(SC(C)(C)C(=O)O)c(Cl)c1. The third-order valence-corrected chi connectivity index (χ3v) is 3.70. The quantitative estimate of drug-likeness (QED) is 0.844. The second-order valence-corrected chi connectivity index (χ2v) is 5.79. The Bertz CT molecular complexity index is 404. The zero-order valence-electron chi connectivity index (χ0n) is 9.28. The molecule has 0 fully saturated rings. The van der Waals surface area contributed by atoms with Crippen LogP contribution in [0.5, 0.6) is 5.75 Å². The average Bonchev–Trinajstić information content (AvgIpc) is 2.20. The molecule has 0 aromatic heterocycles. The van der Waals surface area contributed by atoms with Crippen molar-refractivity contribution in [3.63, 3.8) is 0 Å². The summed E-state index contributed by atoms with van der Waals surface area (Å²) in [6.07, 6.45) is 0. The van der Waals surface area contributed by atoms with Crippen molar-refractivity contribution in [2.45, 2.75) is 23.5 Å². The zero-order chi connectivity index (χ0) is 12.3. The molecule has 0 atom stereocenters. The normalized spacial score (nSPS) is 11.2. The number of carboxylic acid groups (broad SMARTS) is 1. The van der Waals surface area contributed by atoms with Crippen molar-refractivity contribution in [1.29, 1.82) is 0 Å². The van der Waals surface area contributed by atoms with Gasteiger partial charge in [0, 0.05) is 4.90 Å². The summed E-state index contributed by atoms with van der Waals surface area (Å²) in [5, 5.41) is 9.50. The molecule has 0 saturated heterocycles. The van der Waals surface area contributed by atoms with E-state index in [4.69, 9.17) is 21.4 Å². The molecule has 0 spiro atoms. The van der Waals surface area contributed by atoms with Crippen LogP contribution in [0, 0.1) is 0 Å². The number of hydrogen-bond donors (Lipinski definition) is 1. The molecule has 0 aliphatic rings. The maximum absolute atomic E-state index is 11.0. The van der Waals surface area contributed by atoms with Gasteiger partial charge in [0.1, 0.15) is 10.5 Å². The van der Waals surface area contributed by atoms with Gasteiger partial charge in [-0.25, -0.2) is 0 Å². The second-order valence-electron chi connectivity index (χ2n) is 3.71. The molecule has 1 aromatic carbocycles. The largest absolute Gasteiger partial charge is 0.497 e. The Balaban J connectivity index is 2.94. The number of thioether (sulfide) groups is 1. The molecule has 0 aliphatic heterocycles. The predicted octanol–water partition coefficient (Wildman–Crippen LogP) is 3.30. The summed E-state index contributed by atoms with van der Waals surface area (Å²) >= 11 is 7.24. The van der Waals surface area contributed by atoms with Crippen molar-refractivity contribution in [2.75, 3.05) is 7.11 Å². The summed E-state index contributed by atoms with van der Waals surface area (Å²) < 4.78 is 4.11. The van der Waals surface area contributed by atoms with E-state index >= 15 is 0 Å². The van der Waals surface area contributed by atoms with Crippen molar-refractivity contribution in [2.24, 2.45) is 0 Å². The molecule has 0 radical (unpaired) electrons. The molecule has 1 rings (SSSR count). The maximum Gasteiger partial charge on any atom is 0.319 e. The van der Waals surface area contributed by atoms with E-state index in [-0.39, 0.29) is 0 Å². The van der Waals surface area contributed by atoms with Crippen molar-refractivity contribution < 1.29 is 14.6 Å². The lowest BCUT2D eigenvalue weighted by Crippen LogP contribution is -2.26. The standard InChI is InChI=1S/C11H13ClO3S/c1-11(2,10(13)14)16-9-5-4-7(15-3)6-8(9)12/h4-6H,1-3H3,(H,13,14). The Hall–Kier alpha value is -0.870. The number of hydrogen-bond acceptors (Lipinski definition) is 3. The van der Waals surface area contributed by atoms with E-state index in [0.29, 0.717) is 10.8 Å². The minimum atomic E-state index is -0.905. The number of halogens is 1. The van der Waals surface area contributed by atoms with Crippen molar-refractivity contribution >= 4 is 29.3 Å². The lowest BCUT2D eigenvalue weighted by Gasteiger charge is -2.19. The van der Waals surface area contributed by atoms with E-state index in [9.17, 15) is 4.79 Å². The first-order valence-corrected chi connectivity index (χ1v) is 5.82. The lowest BCUT2D eigenvalue weighted by atomic mass is 10.2. The predicted molar refractivity (Wildman–Crippen MR) is 65.6 cm³/mol. The number of benzene rings is 1. The van der Waals surface area contributed by atoms with Gasteiger partial charge in [-0.1, -0.05) is 11.6 Å². The summed E-state index contributed by atoms with van der Waals surface area (Å²) in [6.45, 7) is 3.28. The highest BCUT2D eigenvalue weighted by atomic mass is 35.5. The van der Waals surface area contributed by atoms with Gasteiger partial charge in [0.15, 0.2) is 0 Å². The van der Waals surface area contributed by atoms with Gasteiger partial charge in [0.05, 0.1) is 12.1 Å². The van der Waals surface area contributed by atoms with Crippen LogP contribution in [0.3, 0.4) is 0 Å². The molecule has 5 heteroatoms. The molecule has 88 valence electrons. The summed E-state index contributed by atoms with van der Waals surface area (Å²) in [5.74, 6) is -0.216. The summed E-state index contributed by atoms with van der Waals surface area (Å²) in [7, 11) is 1.56. The number of rotatable bonds is 4. The first-order chi connectivity index (χ1) is 7.36. The molecule has 0 saturated carbocycles. The van der Waals surface area contributed by atoms with Crippen LogP contribution in [0.15, 0.2) is 23.1 Å². The van der Waals surface area contributed by atoms with Gasteiger partial charge in [0.25, 0.3) is 0 Å². The molecular weight excluding hydrogens is 248 g/mol. The Labute approximate surface area is 104 Å². The molecule has 0 aliphatic carbocycles. The third kappa shape index (κ3) is 3.06. The van der Waals surface area contributed by atoms with E-state index in [1.54, 1.807) is 39.2 Å². The van der Waals surface area contributed by atoms with Crippen LogP contribution >= 0.6 is 23.4 Å². The minimum Gasteiger partial charge on any atom is -0.497 e. The molecule has 16 heavy (non-hydrogen) atoms. The minimum absolute atomic E-state index is 0.499. The number of carboxylic acids is 1. The molecule has 0 heterocycles. The van der Waals surface area contributed by atoms with Gasteiger partial charge in [-0.2, -0.15) is 0 Å². The van der Waals surface area contributed by atoms with Crippen molar-refractivity contribution in [1.82, 2.24) is 0 Å². The van der Waals surface area contributed by atoms with E-state index in [0.717, 1.165) is 4.90 Å². The Morgan fingerprint density at radius 2 is 2.12 bits per heavy atom. The molecule has 3 nitrogen and oxygen atoms in total. The topological polar surface area (TPSA) is 46.5 Å². The third-order valence-electron chi connectivity index (χ3n) is 2.02. The van der Waals surface area contributed by atoms with Gasteiger partial charge in [-0.05, 0) is 32.0 Å². The molecular formula is C11H13ClO3S. The van der Waals surface area contributed by atoms with Gasteiger partial charge >= 0.3 is 5.97 Å².